The maximum absolute atomic E-state index is 5.68. The van der Waals surface area contributed by atoms with Crippen molar-refractivity contribution in [3.8, 4) is 17.6 Å². The molecule has 1 nitrogen and oxygen atoms in total. The third kappa shape index (κ3) is 4.64. The van der Waals surface area contributed by atoms with E-state index in [9.17, 15) is 0 Å². The van der Waals surface area contributed by atoms with E-state index in [0.717, 1.165) is 42.7 Å². The van der Waals surface area contributed by atoms with Gasteiger partial charge in [0.25, 0.3) is 0 Å². The van der Waals surface area contributed by atoms with Crippen molar-refractivity contribution < 1.29 is 4.74 Å². The van der Waals surface area contributed by atoms with Crippen LogP contribution in [0.15, 0.2) is 60.7 Å². The molecule has 0 amide bonds. The monoisotopic (exact) mass is 328 g/mol. The van der Waals surface area contributed by atoms with Crippen molar-refractivity contribution in [2.24, 2.45) is 0 Å². The molecule has 0 aromatic heterocycles. The third-order valence-electron chi connectivity index (χ3n) is 4.29. The molecule has 1 heteroatoms. The van der Waals surface area contributed by atoms with Gasteiger partial charge in [-0.25, -0.2) is 0 Å². The molecular weight excluding hydrogens is 304 g/mol. The van der Waals surface area contributed by atoms with Crippen molar-refractivity contribution >= 4 is 10.8 Å². The van der Waals surface area contributed by atoms with Gasteiger partial charge >= 0.3 is 0 Å². The lowest BCUT2D eigenvalue weighted by atomic mass is 10.0. The van der Waals surface area contributed by atoms with Crippen LogP contribution in [-0.4, -0.2) is 6.61 Å². The first-order chi connectivity index (χ1) is 12.3. The van der Waals surface area contributed by atoms with E-state index in [-0.39, 0.29) is 0 Å². The van der Waals surface area contributed by atoms with Gasteiger partial charge in [-0.1, -0.05) is 56.4 Å². The molecule has 0 radical (unpaired) electrons. The van der Waals surface area contributed by atoms with E-state index >= 15 is 0 Å². The number of ether oxygens (including phenoxy) is 1. The van der Waals surface area contributed by atoms with Gasteiger partial charge in [0.15, 0.2) is 0 Å². The summed E-state index contributed by atoms with van der Waals surface area (Å²) in [7, 11) is 0. The Morgan fingerprint density at radius 1 is 0.760 bits per heavy atom. The standard InChI is InChI=1S/C24H24O/c1-3-5-16-25-24-14-10-20(11-15-24)6-7-21-9-13-22-17-19(4-2)8-12-23(22)18-21/h8-15,17-18H,3-5,16H2,1-2H3. The Balaban J connectivity index is 1.73. The molecule has 0 fully saturated rings. The van der Waals surface area contributed by atoms with E-state index in [1.54, 1.807) is 0 Å². The molecule has 0 N–H and O–H groups in total. The minimum Gasteiger partial charge on any atom is -0.494 e. The van der Waals surface area contributed by atoms with Gasteiger partial charge in [-0.2, -0.15) is 0 Å². The fourth-order valence-electron chi connectivity index (χ4n) is 2.71. The molecule has 0 aliphatic heterocycles. The summed E-state index contributed by atoms with van der Waals surface area (Å²) in [5, 5.41) is 2.52. The molecule has 0 spiro atoms. The van der Waals surface area contributed by atoms with E-state index in [1.165, 1.54) is 16.3 Å². The van der Waals surface area contributed by atoms with Crippen LogP contribution in [0.3, 0.4) is 0 Å². The van der Waals surface area contributed by atoms with Crippen LogP contribution in [0.4, 0.5) is 0 Å². The van der Waals surface area contributed by atoms with E-state index in [2.05, 4.69) is 62.1 Å². The predicted molar refractivity (Wildman–Crippen MR) is 106 cm³/mol. The Bertz CT molecular complexity index is 895. The maximum atomic E-state index is 5.68. The molecule has 3 rings (SSSR count). The van der Waals surface area contributed by atoms with E-state index in [1.807, 2.05) is 24.3 Å². The van der Waals surface area contributed by atoms with Gasteiger partial charge in [-0.05, 0) is 65.6 Å². The summed E-state index contributed by atoms with van der Waals surface area (Å²) in [5.41, 5.74) is 3.41. The number of aryl methyl sites for hydroxylation is 1. The first-order valence-electron chi connectivity index (χ1n) is 9.06. The van der Waals surface area contributed by atoms with Crippen LogP contribution in [-0.2, 0) is 6.42 Å². The fraction of sp³-hybridized carbons (Fsp3) is 0.250. The van der Waals surface area contributed by atoms with Crippen molar-refractivity contribution in [3.05, 3.63) is 77.4 Å². The van der Waals surface area contributed by atoms with Crippen LogP contribution >= 0.6 is 0 Å². The smallest absolute Gasteiger partial charge is 0.119 e. The molecule has 126 valence electrons. The fourth-order valence-corrected chi connectivity index (χ4v) is 2.71. The third-order valence-corrected chi connectivity index (χ3v) is 4.29. The molecule has 25 heavy (non-hydrogen) atoms. The van der Waals surface area contributed by atoms with E-state index in [0.29, 0.717) is 0 Å². The SMILES string of the molecule is CCCCOc1ccc(C#Cc2ccc3cc(CC)ccc3c2)cc1. The summed E-state index contributed by atoms with van der Waals surface area (Å²) < 4.78 is 5.68. The highest BCUT2D eigenvalue weighted by molar-refractivity contribution is 5.84. The van der Waals surface area contributed by atoms with Gasteiger partial charge in [-0.3, -0.25) is 0 Å². The summed E-state index contributed by atoms with van der Waals surface area (Å²) >= 11 is 0. The van der Waals surface area contributed by atoms with Gasteiger partial charge in [0.05, 0.1) is 6.61 Å². The van der Waals surface area contributed by atoms with Crippen molar-refractivity contribution in [1.29, 1.82) is 0 Å². The number of hydrogen-bond acceptors (Lipinski definition) is 1. The van der Waals surface area contributed by atoms with Crippen LogP contribution < -0.4 is 4.74 Å². The minimum absolute atomic E-state index is 0.776. The van der Waals surface area contributed by atoms with Crippen molar-refractivity contribution in [1.82, 2.24) is 0 Å². The lowest BCUT2D eigenvalue weighted by Gasteiger charge is -2.04. The second-order valence-corrected chi connectivity index (χ2v) is 6.23. The average Bonchev–Trinajstić information content (AvgIpc) is 2.67. The summed E-state index contributed by atoms with van der Waals surface area (Å²) in [6.45, 7) is 5.12. The highest BCUT2D eigenvalue weighted by Crippen LogP contribution is 2.18. The molecule has 0 atom stereocenters. The van der Waals surface area contributed by atoms with E-state index < -0.39 is 0 Å². The molecular formula is C24H24O. The molecule has 0 aliphatic rings. The average molecular weight is 328 g/mol. The Kier molecular flexibility index (Phi) is 5.75. The lowest BCUT2D eigenvalue weighted by molar-refractivity contribution is 0.309. The Labute approximate surface area is 150 Å². The Morgan fingerprint density at radius 2 is 1.44 bits per heavy atom. The Hall–Kier alpha value is -2.72. The molecule has 0 aliphatic carbocycles. The van der Waals surface area contributed by atoms with Crippen molar-refractivity contribution in [3.63, 3.8) is 0 Å². The second-order valence-electron chi connectivity index (χ2n) is 6.23. The van der Waals surface area contributed by atoms with Gasteiger partial charge in [0.1, 0.15) is 5.75 Å². The molecule has 3 aromatic carbocycles. The quantitative estimate of drug-likeness (QED) is 0.413. The first-order valence-corrected chi connectivity index (χ1v) is 9.06. The molecule has 3 aromatic rings. The molecule has 0 saturated carbocycles. The van der Waals surface area contributed by atoms with Crippen LogP contribution in [0.25, 0.3) is 10.8 Å². The molecule has 0 heterocycles. The number of rotatable bonds is 5. The van der Waals surface area contributed by atoms with Crippen LogP contribution in [0.5, 0.6) is 5.75 Å². The van der Waals surface area contributed by atoms with Gasteiger partial charge < -0.3 is 4.74 Å². The number of unbranched alkanes of at least 4 members (excludes halogenated alkanes) is 1. The number of hydrogen-bond donors (Lipinski definition) is 0. The van der Waals surface area contributed by atoms with Crippen LogP contribution in [0.2, 0.25) is 0 Å². The minimum atomic E-state index is 0.776. The van der Waals surface area contributed by atoms with Gasteiger partial charge in [-0.15, -0.1) is 0 Å². The zero-order valence-corrected chi connectivity index (χ0v) is 15.0. The first kappa shape index (κ1) is 17.1. The summed E-state index contributed by atoms with van der Waals surface area (Å²) in [4.78, 5) is 0. The summed E-state index contributed by atoms with van der Waals surface area (Å²) in [6.07, 6.45) is 3.30. The highest BCUT2D eigenvalue weighted by atomic mass is 16.5. The number of benzene rings is 3. The second kappa shape index (κ2) is 8.40. The normalized spacial score (nSPS) is 10.3. The van der Waals surface area contributed by atoms with Gasteiger partial charge in [0.2, 0.25) is 0 Å². The molecule has 0 bridgehead atoms. The van der Waals surface area contributed by atoms with Crippen molar-refractivity contribution in [2.75, 3.05) is 6.61 Å². The summed E-state index contributed by atoms with van der Waals surface area (Å²) in [5.74, 6) is 7.41. The topological polar surface area (TPSA) is 9.23 Å². The summed E-state index contributed by atoms with van der Waals surface area (Å²) in [6, 6.07) is 21.1. The zero-order chi connectivity index (χ0) is 17.5. The largest absolute Gasteiger partial charge is 0.494 e. The lowest BCUT2D eigenvalue weighted by Crippen LogP contribution is -1.95. The van der Waals surface area contributed by atoms with Crippen LogP contribution in [0, 0.1) is 11.8 Å². The van der Waals surface area contributed by atoms with E-state index in [4.69, 9.17) is 4.74 Å². The molecule has 0 saturated heterocycles. The maximum Gasteiger partial charge on any atom is 0.119 e. The van der Waals surface area contributed by atoms with Crippen LogP contribution in [0.1, 0.15) is 43.4 Å². The number of fused-ring (bicyclic) bond motifs is 1. The highest BCUT2D eigenvalue weighted by Gasteiger charge is 1.97. The predicted octanol–water partition coefficient (Wildman–Crippen LogP) is 5.98. The zero-order valence-electron chi connectivity index (χ0n) is 15.0. The van der Waals surface area contributed by atoms with Crippen molar-refractivity contribution in [2.45, 2.75) is 33.1 Å². The molecule has 0 unspecified atom stereocenters. The van der Waals surface area contributed by atoms with Gasteiger partial charge in [0, 0.05) is 11.1 Å². The Morgan fingerprint density at radius 3 is 2.20 bits per heavy atom.